The Morgan fingerprint density at radius 2 is 2.05 bits per heavy atom. The zero-order valence-corrected chi connectivity index (χ0v) is 12.1. The molecule has 1 atom stereocenters. The van der Waals surface area contributed by atoms with Crippen molar-refractivity contribution >= 4 is 20.0 Å². The van der Waals surface area contributed by atoms with Gasteiger partial charge in [-0.25, -0.2) is 27.0 Å². The normalized spacial score (nSPS) is 22.5. The Hall–Kier alpha value is -0.970. The van der Waals surface area contributed by atoms with Crippen LogP contribution in [0.3, 0.4) is 0 Å². The summed E-state index contributed by atoms with van der Waals surface area (Å²) in [5, 5.41) is 4.16. The first kappa shape index (κ1) is 14.4. The van der Waals surface area contributed by atoms with Crippen molar-refractivity contribution in [2.24, 2.45) is 12.2 Å². The molecule has 19 heavy (non-hydrogen) atoms. The standard InChI is InChI=1S/C9H16N4O4S2/c1-12-6-9(11-7-12)19(16,17)13-4-2-3-8(5-13)18(10,14)15/h6-8H,2-5H2,1H3,(H2,10,14,15). The van der Waals surface area contributed by atoms with E-state index >= 15 is 0 Å². The Morgan fingerprint density at radius 1 is 1.37 bits per heavy atom. The molecule has 1 fully saturated rings. The van der Waals surface area contributed by atoms with E-state index in [1.165, 1.54) is 17.1 Å². The molecule has 0 amide bonds. The predicted octanol–water partition coefficient (Wildman–Crippen LogP) is -1.14. The van der Waals surface area contributed by atoms with Gasteiger partial charge < -0.3 is 4.57 Å². The summed E-state index contributed by atoms with van der Waals surface area (Å²) in [5.41, 5.74) is 0. The minimum Gasteiger partial charge on any atom is -0.339 e. The van der Waals surface area contributed by atoms with E-state index in [-0.39, 0.29) is 18.1 Å². The molecule has 0 spiro atoms. The van der Waals surface area contributed by atoms with Crippen LogP contribution in [0, 0.1) is 0 Å². The van der Waals surface area contributed by atoms with Crippen molar-refractivity contribution in [3.63, 3.8) is 0 Å². The van der Waals surface area contributed by atoms with Crippen molar-refractivity contribution < 1.29 is 16.8 Å². The van der Waals surface area contributed by atoms with Gasteiger partial charge in [0.2, 0.25) is 10.0 Å². The summed E-state index contributed by atoms with van der Waals surface area (Å²) in [4.78, 5) is 3.80. The largest absolute Gasteiger partial charge is 0.339 e. The summed E-state index contributed by atoms with van der Waals surface area (Å²) in [6.07, 6.45) is 3.62. The van der Waals surface area contributed by atoms with Crippen LogP contribution in [0.25, 0.3) is 0 Å². The Balaban J connectivity index is 2.27. The van der Waals surface area contributed by atoms with Crippen LogP contribution in [0.2, 0.25) is 0 Å². The zero-order valence-electron chi connectivity index (χ0n) is 10.4. The number of piperidine rings is 1. The third-order valence-corrected chi connectivity index (χ3v) is 6.16. The Bertz CT molecular complexity index is 664. The molecule has 0 radical (unpaired) electrons. The third-order valence-electron chi connectivity index (χ3n) is 3.09. The van der Waals surface area contributed by atoms with E-state index in [0.29, 0.717) is 12.8 Å². The summed E-state index contributed by atoms with van der Waals surface area (Å²) in [6.45, 7) is 0.169. The van der Waals surface area contributed by atoms with Crippen molar-refractivity contribution in [1.82, 2.24) is 13.9 Å². The molecule has 1 saturated heterocycles. The van der Waals surface area contributed by atoms with Crippen molar-refractivity contribution in [2.75, 3.05) is 13.1 Å². The number of imidazole rings is 1. The molecule has 1 unspecified atom stereocenters. The van der Waals surface area contributed by atoms with Gasteiger partial charge in [0.25, 0.3) is 10.0 Å². The molecule has 1 aliphatic rings. The van der Waals surface area contributed by atoms with Gasteiger partial charge in [0.1, 0.15) is 0 Å². The Kier molecular flexibility index (Phi) is 3.69. The lowest BCUT2D eigenvalue weighted by Gasteiger charge is -2.29. The number of rotatable bonds is 3. The Labute approximate surface area is 112 Å². The van der Waals surface area contributed by atoms with Crippen LogP contribution in [0.1, 0.15) is 12.8 Å². The molecular formula is C9H16N4O4S2. The molecule has 0 bridgehead atoms. The number of hydrogen-bond donors (Lipinski definition) is 1. The van der Waals surface area contributed by atoms with Crippen molar-refractivity contribution in [1.29, 1.82) is 0 Å². The molecule has 2 heterocycles. The molecule has 2 N–H and O–H groups in total. The van der Waals surface area contributed by atoms with Gasteiger partial charge in [0.05, 0.1) is 11.6 Å². The molecule has 1 aromatic heterocycles. The average Bonchev–Trinajstić information content (AvgIpc) is 2.76. The fraction of sp³-hybridized carbons (Fsp3) is 0.667. The fourth-order valence-corrected chi connectivity index (χ4v) is 4.51. The number of nitrogens with two attached hydrogens (primary N) is 1. The van der Waals surface area contributed by atoms with Crippen LogP contribution in [0.4, 0.5) is 0 Å². The summed E-state index contributed by atoms with van der Waals surface area (Å²) in [6, 6.07) is 0. The van der Waals surface area contributed by atoms with E-state index in [4.69, 9.17) is 5.14 Å². The van der Waals surface area contributed by atoms with Gasteiger partial charge in [0.15, 0.2) is 5.03 Å². The first-order valence-electron chi connectivity index (χ1n) is 5.71. The number of aromatic nitrogens is 2. The number of primary sulfonamides is 1. The maximum atomic E-state index is 12.3. The number of nitrogens with zero attached hydrogens (tertiary/aromatic N) is 3. The lowest BCUT2D eigenvalue weighted by Crippen LogP contribution is -2.47. The van der Waals surface area contributed by atoms with Gasteiger partial charge in [-0.1, -0.05) is 0 Å². The topological polar surface area (TPSA) is 115 Å². The second kappa shape index (κ2) is 4.85. The van der Waals surface area contributed by atoms with Gasteiger partial charge in [-0.05, 0) is 12.8 Å². The first-order chi connectivity index (χ1) is 8.71. The molecule has 2 rings (SSSR count). The van der Waals surface area contributed by atoms with Gasteiger partial charge in [-0.3, -0.25) is 0 Å². The highest BCUT2D eigenvalue weighted by atomic mass is 32.2. The second-order valence-electron chi connectivity index (χ2n) is 4.59. The molecule has 108 valence electrons. The lowest BCUT2D eigenvalue weighted by atomic mass is 10.2. The lowest BCUT2D eigenvalue weighted by molar-refractivity contribution is 0.345. The minimum absolute atomic E-state index is 0.0786. The van der Waals surface area contributed by atoms with E-state index in [0.717, 1.165) is 4.31 Å². The van der Waals surface area contributed by atoms with Gasteiger partial charge >= 0.3 is 0 Å². The number of aryl methyl sites for hydroxylation is 1. The van der Waals surface area contributed by atoms with Crippen molar-refractivity contribution in [3.05, 3.63) is 12.5 Å². The number of sulfonamides is 2. The summed E-state index contributed by atoms with van der Waals surface area (Å²) in [7, 11) is -5.82. The highest BCUT2D eigenvalue weighted by molar-refractivity contribution is 7.90. The molecular weight excluding hydrogens is 292 g/mol. The van der Waals surface area contributed by atoms with E-state index < -0.39 is 25.3 Å². The van der Waals surface area contributed by atoms with Crippen LogP contribution in [0.15, 0.2) is 17.6 Å². The monoisotopic (exact) mass is 308 g/mol. The summed E-state index contributed by atoms with van der Waals surface area (Å²) >= 11 is 0. The summed E-state index contributed by atoms with van der Waals surface area (Å²) in [5.74, 6) is 0. The van der Waals surface area contributed by atoms with Gasteiger partial charge in [-0.2, -0.15) is 4.31 Å². The van der Waals surface area contributed by atoms with Crippen molar-refractivity contribution in [3.8, 4) is 0 Å². The molecule has 1 aliphatic heterocycles. The molecule has 10 heteroatoms. The maximum Gasteiger partial charge on any atom is 0.262 e. The highest BCUT2D eigenvalue weighted by Crippen LogP contribution is 2.21. The molecule has 1 aromatic rings. The third kappa shape index (κ3) is 2.96. The first-order valence-corrected chi connectivity index (χ1v) is 8.76. The predicted molar refractivity (Wildman–Crippen MR) is 68.1 cm³/mol. The van der Waals surface area contributed by atoms with Crippen LogP contribution in [0.5, 0.6) is 0 Å². The van der Waals surface area contributed by atoms with Crippen LogP contribution in [-0.2, 0) is 27.1 Å². The van der Waals surface area contributed by atoms with E-state index in [1.54, 1.807) is 7.05 Å². The average molecular weight is 308 g/mol. The van der Waals surface area contributed by atoms with Gasteiger partial charge in [-0.15, -0.1) is 0 Å². The second-order valence-corrected chi connectivity index (χ2v) is 8.32. The smallest absolute Gasteiger partial charge is 0.262 e. The molecule has 8 nitrogen and oxygen atoms in total. The minimum atomic E-state index is -3.75. The Morgan fingerprint density at radius 3 is 2.58 bits per heavy atom. The number of hydrogen-bond acceptors (Lipinski definition) is 5. The SMILES string of the molecule is Cn1cnc(S(=O)(=O)N2CCCC(S(N)(=O)=O)C2)c1. The zero-order chi connectivity index (χ0) is 14.3. The van der Waals surface area contributed by atoms with E-state index in [9.17, 15) is 16.8 Å². The molecule has 0 aliphatic carbocycles. The summed E-state index contributed by atoms with van der Waals surface area (Å²) < 4.78 is 49.9. The van der Waals surface area contributed by atoms with Gasteiger partial charge in [0, 0.05) is 26.3 Å². The molecule has 0 saturated carbocycles. The highest BCUT2D eigenvalue weighted by Gasteiger charge is 2.35. The van der Waals surface area contributed by atoms with Crippen molar-refractivity contribution in [2.45, 2.75) is 23.1 Å². The van der Waals surface area contributed by atoms with Crippen LogP contribution < -0.4 is 5.14 Å². The fourth-order valence-electron chi connectivity index (χ4n) is 2.05. The van der Waals surface area contributed by atoms with Crippen LogP contribution in [-0.4, -0.2) is 49.0 Å². The van der Waals surface area contributed by atoms with Crippen LogP contribution >= 0.6 is 0 Å². The van der Waals surface area contributed by atoms with E-state index in [1.807, 2.05) is 0 Å². The van der Waals surface area contributed by atoms with E-state index in [2.05, 4.69) is 4.98 Å². The maximum absolute atomic E-state index is 12.3. The quantitative estimate of drug-likeness (QED) is 0.758. The molecule has 0 aromatic carbocycles.